The minimum absolute atomic E-state index is 0.163. The fraction of sp³-hybridized carbons (Fsp3) is 0.938. The summed E-state index contributed by atoms with van der Waals surface area (Å²) < 4.78 is 4.98. The quantitative estimate of drug-likeness (QED) is 0.761. The number of nitrogens with zero attached hydrogens (tertiary/aromatic N) is 1. The SMILES string of the molecule is COC(=O)C(C)(CCN1CCCC(C)C1C)NC(C)C. The molecular weight excluding hydrogens is 252 g/mol. The van der Waals surface area contributed by atoms with Crippen LogP contribution in [0.4, 0.5) is 0 Å². The van der Waals surface area contributed by atoms with Crippen LogP contribution in [-0.2, 0) is 9.53 Å². The van der Waals surface area contributed by atoms with Crippen molar-refractivity contribution in [2.45, 2.75) is 71.5 Å². The third kappa shape index (κ3) is 4.45. The van der Waals surface area contributed by atoms with Crippen LogP contribution in [0.5, 0.6) is 0 Å². The smallest absolute Gasteiger partial charge is 0.325 e. The van der Waals surface area contributed by atoms with Gasteiger partial charge >= 0.3 is 5.97 Å². The van der Waals surface area contributed by atoms with Gasteiger partial charge in [-0.15, -0.1) is 0 Å². The first-order valence-electron chi connectivity index (χ1n) is 7.90. The lowest BCUT2D eigenvalue weighted by atomic mass is 9.90. The summed E-state index contributed by atoms with van der Waals surface area (Å²) in [6.45, 7) is 12.8. The minimum atomic E-state index is -0.594. The van der Waals surface area contributed by atoms with E-state index in [9.17, 15) is 4.79 Å². The maximum atomic E-state index is 12.1. The number of carbonyl (C=O) groups excluding carboxylic acids is 1. The lowest BCUT2D eigenvalue weighted by molar-refractivity contribution is -0.148. The van der Waals surface area contributed by atoms with Gasteiger partial charge in [0.05, 0.1) is 7.11 Å². The van der Waals surface area contributed by atoms with Crippen LogP contribution in [0, 0.1) is 5.92 Å². The summed E-state index contributed by atoms with van der Waals surface area (Å²) in [5.41, 5.74) is -0.594. The topological polar surface area (TPSA) is 41.6 Å². The van der Waals surface area contributed by atoms with Gasteiger partial charge in [-0.05, 0) is 59.4 Å². The Morgan fingerprint density at radius 2 is 2.10 bits per heavy atom. The molecule has 1 aliphatic rings. The average molecular weight is 284 g/mol. The van der Waals surface area contributed by atoms with E-state index in [0.717, 1.165) is 25.4 Å². The zero-order valence-electron chi connectivity index (χ0n) is 14.0. The van der Waals surface area contributed by atoms with Crippen molar-refractivity contribution in [3.05, 3.63) is 0 Å². The first kappa shape index (κ1) is 17.4. The lowest BCUT2D eigenvalue weighted by Gasteiger charge is -2.40. The van der Waals surface area contributed by atoms with Crippen molar-refractivity contribution in [3.63, 3.8) is 0 Å². The van der Waals surface area contributed by atoms with Gasteiger partial charge in [-0.25, -0.2) is 0 Å². The van der Waals surface area contributed by atoms with Crippen molar-refractivity contribution < 1.29 is 9.53 Å². The maximum absolute atomic E-state index is 12.1. The number of nitrogens with one attached hydrogen (secondary N) is 1. The van der Waals surface area contributed by atoms with Crippen LogP contribution >= 0.6 is 0 Å². The van der Waals surface area contributed by atoms with E-state index in [1.54, 1.807) is 0 Å². The molecule has 20 heavy (non-hydrogen) atoms. The summed E-state index contributed by atoms with van der Waals surface area (Å²) in [5.74, 6) is 0.579. The molecule has 1 saturated heterocycles. The van der Waals surface area contributed by atoms with Crippen molar-refractivity contribution in [2.24, 2.45) is 5.92 Å². The molecule has 0 amide bonds. The van der Waals surface area contributed by atoms with Crippen molar-refractivity contribution in [2.75, 3.05) is 20.2 Å². The van der Waals surface area contributed by atoms with E-state index >= 15 is 0 Å². The molecule has 3 unspecified atom stereocenters. The number of likely N-dealkylation sites (tertiary alicyclic amines) is 1. The van der Waals surface area contributed by atoms with E-state index in [0.29, 0.717) is 6.04 Å². The Morgan fingerprint density at radius 3 is 2.65 bits per heavy atom. The fourth-order valence-corrected chi connectivity index (χ4v) is 3.20. The summed E-state index contributed by atoms with van der Waals surface area (Å²) in [6.07, 6.45) is 3.36. The molecule has 1 heterocycles. The summed E-state index contributed by atoms with van der Waals surface area (Å²) in [4.78, 5) is 14.6. The number of ether oxygens (including phenoxy) is 1. The van der Waals surface area contributed by atoms with E-state index in [4.69, 9.17) is 4.74 Å². The molecule has 1 fully saturated rings. The Labute approximate surface area is 124 Å². The molecule has 118 valence electrons. The summed E-state index contributed by atoms with van der Waals surface area (Å²) in [7, 11) is 1.47. The Balaban J connectivity index is 2.64. The van der Waals surface area contributed by atoms with E-state index in [-0.39, 0.29) is 12.0 Å². The van der Waals surface area contributed by atoms with Gasteiger partial charge in [-0.3, -0.25) is 10.1 Å². The first-order valence-corrected chi connectivity index (χ1v) is 7.90. The standard InChI is InChI=1S/C16H32N2O2/c1-12(2)17-16(5,15(19)20-6)9-11-18-10-7-8-13(3)14(18)4/h12-14,17H,7-11H2,1-6H3. The highest BCUT2D eigenvalue weighted by Gasteiger charge is 2.36. The molecule has 0 aromatic heterocycles. The molecule has 0 saturated carbocycles. The summed E-state index contributed by atoms with van der Waals surface area (Å²) in [5, 5.41) is 3.37. The van der Waals surface area contributed by atoms with Crippen molar-refractivity contribution in [1.29, 1.82) is 0 Å². The summed E-state index contributed by atoms with van der Waals surface area (Å²) in [6, 6.07) is 0.862. The second kappa shape index (κ2) is 7.41. The van der Waals surface area contributed by atoms with E-state index in [1.807, 2.05) is 6.92 Å². The number of esters is 1. The Kier molecular flexibility index (Phi) is 6.46. The monoisotopic (exact) mass is 284 g/mol. The predicted octanol–water partition coefficient (Wildman–Crippen LogP) is 2.43. The van der Waals surface area contributed by atoms with Gasteiger partial charge in [-0.2, -0.15) is 0 Å². The zero-order valence-corrected chi connectivity index (χ0v) is 14.0. The first-order chi connectivity index (χ1) is 9.30. The minimum Gasteiger partial charge on any atom is -0.468 e. The van der Waals surface area contributed by atoms with Crippen LogP contribution in [0.1, 0.15) is 53.9 Å². The molecule has 0 spiro atoms. The molecule has 1 aliphatic heterocycles. The van der Waals surface area contributed by atoms with E-state index < -0.39 is 5.54 Å². The van der Waals surface area contributed by atoms with E-state index in [1.165, 1.54) is 20.0 Å². The Hall–Kier alpha value is -0.610. The lowest BCUT2D eigenvalue weighted by Crippen LogP contribution is -2.55. The zero-order chi connectivity index (χ0) is 15.3. The number of rotatable bonds is 6. The summed E-state index contributed by atoms with van der Waals surface area (Å²) >= 11 is 0. The number of carbonyl (C=O) groups is 1. The molecular formula is C16H32N2O2. The molecule has 0 aromatic carbocycles. The number of hydrogen-bond acceptors (Lipinski definition) is 4. The van der Waals surface area contributed by atoms with Gasteiger partial charge in [0, 0.05) is 18.6 Å². The average Bonchev–Trinajstić information content (AvgIpc) is 2.38. The molecule has 0 bridgehead atoms. The maximum Gasteiger partial charge on any atom is 0.325 e. The second-order valence-electron chi connectivity index (χ2n) is 6.77. The highest BCUT2D eigenvalue weighted by Crippen LogP contribution is 2.24. The van der Waals surface area contributed by atoms with Gasteiger partial charge in [0.2, 0.25) is 0 Å². The fourth-order valence-electron chi connectivity index (χ4n) is 3.20. The normalized spacial score (nSPS) is 27.4. The molecule has 0 radical (unpaired) electrons. The molecule has 4 nitrogen and oxygen atoms in total. The number of methoxy groups -OCH3 is 1. The number of hydrogen-bond donors (Lipinski definition) is 1. The molecule has 0 aliphatic carbocycles. The molecule has 1 N–H and O–H groups in total. The van der Waals surface area contributed by atoms with Crippen LogP contribution in [0.25, 0.3) is 0 Å². The van der Waals surface area contributed by atoms with Crippen LogP contribution in [0.3, 0.4) is 0 Å². The van der Waals surface area contributed by atoms with Gasteiger partial charge in [0.25, 0.3) is 0 Å². The van der Waals surface area contributed by atoms with Crippen LogP contribution < -0.4 is 5.32 Å². The molecule has 4 heteroatoms. The van der Waals surface area contributed by atoms with Gasteiger partial charge in [-0.1, -0.05) is 6.92 Å². The van der Waals surface area contributed by atoms with Crippen molar-refractivity contribution in [1.82, 2.24) is 10.2 Å². The van der Waals surface area contributed by atoms with Crippen LogP contribution in [0.2, 0.25) is 0 Å². The van der Waals surface area contributed by atoms with Crippen molar-refractivity contribution >= 4 is 5.97 Å². The van der Waals surface area contributed by atoms with Crippen LogP contribution in [0.15, 0.2) is 0 Å². The third-order valence-electron chi connectivity index (χ3n) is 4.65. The largest absolute Gasteiger partial charge is 0.468 e. The highest BCUT2D eigenvalue weighted by atomic mass is 16.5. The Morgan fingerprint density at radius 1 is 1.45 bits per heavy atom. The molecule has 1 rings (SSSR count). The number of piperidine rings is 1. The van der Waals surface area contributed by atoms with Gasteiger partial charge < -0.3 is 9.64 Å². The molecule has 3 atom stereocenters. The van der Waals surface area contributed by atoms with Gasteiger partial charge in [0.15, 0.2) is 0 Å². The second-order valence-corrected chi connectivity index (χ2v) is 6.77. The van der Waals surface area contributed by atoms with Crippen LogP contribution in [-0.4, -0.2) is 48.7 Å². The van der Waals surface area contributed by atoms with Crippen molar-refractivity contribution in [3.8, 4) is 0 Å². The Bertz CT molecular complexity index is 320. The highest BCUT2D eigenvalue weighted by molar-refractivity contribution is 5.80. The molecule has 0 aromatic rings. The third-order valence-corrected chi connectivity index (χ3v) is 4.65. The van der Waals surface area contributed by atoms with E-state index in [2.05, 4.69) is 37.9 Å². The van der Waals surface area contributed by atoms with Gasteiger partial charge in [0.1, 0.15) is 5.54 Å². The predicted molar refractivity (Wildman–Crippen MR) is 82.7 cm³/mol.